The maximum atomic E-state index is 4.74. The molecule has 20 heavy (non-hydrogen) atoms. The number of aromatic nitrogens is 2. The van der Waals surface area contributed by atoms with Gasteiger partial charge in [-0.2, -0.15) is 11.8 Å². The molecule has 1 N–H and O–H groups in total. The molecular formula is C15H24BrN3S. The Hall–Kier alpha value is -0.290. The quantitative estimate of drug-likeness (QED) is 0.793. The van der Waals surface area contributed by atoms with Crippen molar-refractivity contribution in [3.05, 3.63) is 16.0 Å². The summed E-state index contributed by atoms with van der Waals surface area (Å²) in [5.74, 6) is 2.82. The fourth-order valence-electron chi connectivity index (χ4n) is 2.60. The molecule has 0 aliphatic heterocycles. The highest BCUT2D eigenvalue weighted by atomic mass is 79.9. The number of nitrogens with one attached hydrogen (secondary N) is 1. The topological polar surface area (TPSA) is 37.8 Å². The van der Waals surface area contributed by atoms with Crippen LogP contribution in [0.3, 0.4) is 0 Å². The van der Waals surface area contributed by atoms with Crippen LogP contribution in [0.2, 0.25) is 0 Å². The molecule has 1 aliphatic carbocycles. The molecule has 0 spiro atoms. The molecule has 1 fully saturated rings. The standard InChI is InChI=1S/C15H24BrN3S/c1-3-7-12-14(16)15(17-2)19-13(18-12)10-20-11-8-5-4-6-9-11/h11H,3-10H2,1-2H3,(H,17,18,19). The highest BCUT2D eigenvalue weighted by molar-refractivity contribution is 9.10. The lowest BCUT2D eigenvalue weighted by Gasteiger charge is -2.20. The van der Waals surface area contributed by atoms with E-state index in [0.29, 0.717) is 0 Å². The van der Waals surface area contributed by atoms with E-state index in [1.54, 1.807) is 0 Å². The van der Waals surface area contributed by atoms with Crippen molar-refractivity contribution in [1.82, 2.24) is 9.97 Å². The van der Waals surface area contributed by atoms with E-state index in [1.165, 1.54) is 32.1 Å². The van der Waals surface area contributed by atoms with Crippen LogP contribution in [0, 0.1) is 0 Å². The molecular weight excluding hydrogens is 334 g/mol. The Morgan fingerprint density at radius 1 is 1.25 bits per heavy atom. The molecule has 0 aromatic carbocycles. The fraction of sp³-hybridized carbons (Fsp3) is 0.733. The second-order valence-corrected chi connectivity index (χ2v) is 7.40. The predicted molar refractivity (Wildman–Crippen MR) is 91.4 cm³/mol. The number of hydrogen-bond donors (Lipinski definition) is 1. The summed E-state index contributed by atoms with van der Waals surface area (Å²) in [6.07, 6.45) is 9.02. The Labute approximate surface area is 134 Å². The van der Waals surface area contributed by atoms with Gasteiger partial charge in [-0.25, -0.2) is 9.97 Å². The third kappa shape index (κ3) is 4.35. The Bertz CT molecular complexity index is 433. The van der Waals surface area contributed by atoms with Crippen LogP contribution in [-0.2, 0) is 12.2 Å². The minimum absolute atomic E-state index is 0.809. The lowest BCUT2D eigenvalue weighted by atomic mass is 10.0. The second kappa shape index (κ2) is 8.23. The van der Waals surface area contributed by atoms with Crippen molar-refractivity contribution in [2.24, 2.45) is 0 Å². The zero-order chi connectivity index (χ0) is 14.4. The number of rotatable bonds is 6. The Kier molecular flexibility index (Phi) is 6.62. The van der Waals surface area contributed by atoms with Crippen molar-refractivity contribution in [3.63, 3.8) is 0 Å². The van der Waals surface area contributed by atoms with Gasteiger partial charge in [-0.15, -0.1) is 0 Å². The molecule has 5 heteroatoms. The average molecular weight is 358 g/mol. The zero-order valence-corrected chi connectivity index (χ0v) is 14.8. The van der Waals surface area contributed by atoms with Gasteiger partial charge in [0.05, 0.1) is 15.9 Å². The van der Waals surface area contributed by atoms with E-state index < -0.39 is 0 Å². The lowest BCUT2D eigenvalue weighted by Crippen LogP contribution is -2.10. The highest BCUT2D eigenvalue weighted by Gasteiger charge is 2.16. The van der Waals surface area contributed by atoms with E-state index in [0.717, 1.165) is 45.7 Å². The molecule has 1 saturated carbocycles. The van der Waals surface area contributed by atoms with E-state index in [9.17, 15) is 0 Å². The van der Waals surface area contributed by atoms with Crippen LogP contribution in [0.4, 0.5) is 5.82 Å². The molecule has 0 atom stereocenters. The summed E-state index contributed by atoms with van der Waals surface area (Å²) in [6, 6.07) is 0. The van der Waals surface area contributed by atoms with Gasteiger partial charge in [0.1, 0.15) is 11.6 Å². The SMILES string of the molecule is CCCc1nc(CSC2CCCCC2)nc(NC)c1Br. The van der Waals surface area contributed by atoms with Gasteiger partial charge in [-0.1, -0.05) is 32.6 Å². The largest absolute Gasteiger partial charge is 0.372 e. The Morgan fingerprint density at radius 3 is 2.65 bits per heavy atom. The second-order valence-electron chi connectivity index (χ2n) is 5.32. The normalized spacial score (nSPS) is 16.4. The monoisotopic (exact) mass is 357 g/mol. The number of halogens is 1. The van der Waals surface area contributed by atoms with Gasteiger partial charge >= 0.3 is 0 Å². The van der Waals surface area contributed by atoms with Crippen molar-refractivity contribution in [2.75, 3.05) is 12.4 Å². The van der Waals surface area contributed by atoms with Gasteiger partial charge in [0.25, 0.3) is 0 Å². The molecule has 1 aromatic rings. The van der Waals surface area contributed by atoms with Gasteiger partial charge in [-0.05, 0) is 35.2 Å². The maximum Gasteiger partial charge on any atom is 0.144 e. The van der Waals surface area contributed by atoms with Crippen molar-refractivity contribution in [3.8, 4) is 0 Å². The van der Waals surface area contributed by atoms with E-state index in [1.807, 2.05) is 18.8 Å². The molecule has 0 bridgehead atoms. The van der Waals surface area contributed by atoms with Crippen molar-refractivity contribution >= 4 is 33.5 Å². The maximum absolute atomic E-state index is 4.74. The van der Waals surface area contributed by atoms with Crippen molar-refractivity contribution < 1.29 is 0 Å². The molecule has 112 valence electrons. The van der Waals surface area contributed by atoms with Crippen LogP contribution in [0.25, 0.3) is 0 Å². The summed E-state index contributed by atoms with van der Waals surface area (Å²) in [6.45, 7) is 2.18. The Balaban J connectivity index is 2.04. The van der Waals surface area contributed by atoms with Gasteiger partial charge in [0.2, 0.25) is 0 Å². The number of aryl methyl sites for hydroxylation is 1. The summed E-state index contributed by atoms with van der Waals surface area (Å²) >= 11 is 5.64. The first-order valence-electron chi connectivity index (χ1n) is 7.59. The van der Waals surface area contributed by atoms with E-state index in [2.05, 4.69) is 33.2 Å². The summed E-state index contributed by atoms with van der Waals surface area (Å²) in [5, 5.41) is 3.97. The van der Waals surface area contributed by atoms with Gasteiger partial charge < -0.3 is 5.32 Å². The molecule has 0 amide bonds. The molecule has 1 aromatic heterocycles. The van der Waals surface area contributed by atoms with Gasteiger partial charge in [-0.3, -0.25) is 0 Å². The first-order chi connectivity index (χ1) is 9.74. The van der Waals surface area contributed by atoms with Crippen LogP contribution in [0.1, 0.15) is 57.0 Å². The first kappa shape index (κ1) is 16.1. The molecule has 0 radical (unpaired) electrons. The van der Waals surface area contributed by atoms with Crippen molar-refractivity contribution in [2.45, 2.75) is 62.9 Å². The van der Waals surface area contributed by atoms with Crippen LogP contribution in [0.15, 0.2) is 4.47 Å². The minimum Gasteiger partial charge on any atom is -0.372 e. The smallest absolute Gasteiger partial charge is 0.144 e. The lowest BCUT2D eigenvalue weighted by molar-refractivity contribution is 0.516. The molecule has 2 rings (SSSR count). The summed E-state index contributed by atoms with van der Waals surface area (Å²) in [5.41, 5.74) is 1.13. The Morgan fingerprint density at radius 2 is 2.00 bits per heavy atom. The van der Waals surface area contributed by atoms with Crippen LogP contribution >= 0.6 is 27.7 Å². The first-order valence-corrected chi connectivity index (χ1v) is 9.43. The van der Waals surface area contributed by atoms with Crippen LogP contribution in [0.5, 0.6) is 0 Å². The molecule has 3 nitrogen and oxygen atoms in total. The van der Waals surface area contributed by atoms with E-state index in [-0.39, 0.29) is 0 Å². The van der Waals surface area contributed by atoms with Crippen LogP contribution < -0.4 is 5.32 Å². The third-order valence-corrected chi connectivity index (χ3v) is 5.89. The summed E-state index contributed by atoms with van der Waals surface area (Å²) < 4.78 is 1.02. The average Bonchev–Trinajstić information content (AvgIpc) is 2.49. The molecule has 0 unspecified atom stereocenters. The van der Waals surface area contributed by atoms with Gasteiger partial charge in [0.15, 0.2) is 0 Å². The molecule has 0 saturated heterocycles. The van der Waals surface area contributed by atoms with Crippen LogP contribution in [-0.4, -0.2) is 22.3 Å². The van der Waals surface area contributed by atoms with Crippen molar-refractivity contribution in [1.29, 1.82) is 0 Å². The number of hydrogen-bond acceptors (Lipinski definition) is 4. The predicted octanol–water partition coefficient (Wildman–Crippen LogP) is 4.80. The summed E-state index contributed by atoms with van der Waals surface area (Å²) in [4.78, 5) is 9.36. The summed E-state index contributed by atoms with van der Waals surface area (Å²) in [7, 11) is 1.92. The van der Waals surface area contributed by atoms with E-state index >= 15 is 0 Å². The van der Waals surface area contributed by atoms with Gasteiger partial charge in [0, 0.05) is 12.3 Å². The third-order valence-electron chi connectivity index (χ3n) is 3.69. The van der Waals surface area contributed by atoms with E-state index in [4.69, 9.17) is 4.98 Å². The molecule has 1 heterocycles. The molecule has 1 aliphatic rings. The number of nitrogens with zero attached hydrogens (tertiary/aromatic N) is 2. The highest BCUT2D eigenvalue weighted by Crippen LogP contribution is 2.31. The zero-order valence-electron chi connectivity index (χ0n) is 12.4. The fourth-order valence-corrected chi connectivity index (χ4v) is 4.36. The number of thioether (sulfide) groups is 1. The number of anilines is 1. The minimum atomic E-state index is 0.809.